The Balaban J connectivity index is 2.75. The van der Waals surface area contributed by atoms with Gasteiger partial charge in [0, 0.05) is 6.54 Å². The van der Waals surface area contributed by atoms with Crippen LogP contribution in [0.5, 0.6) is 0 Å². The van der Waals surface area contributed by atoms with E-state index in [9.17, 15) is 33.8 Å². The van der Waals surface area contributed by atoms with Crippen molar-refractivity contribution in [1.82, 2.24) is 0 Å². The van der Waals surface area contributed by atoms with Gasteiger partial charge in [-0.05, 0) is 22.8 Å². The average Bonchev–Trinajstić information content (AvgIpc) is 2.76. The largest absolute Gasteiger partial charge is 0.387 e. The predicted molar refractivity (Wildman–Crippen MR) is 75.3 cm³/mol. The van der Waals surface area contributed by atoms with Crippen LogP contribution < -0.4 is 5.73 Å². The molecule has 1 aromatic rings. The van der Waals surface area contributed by atoms with Crippen LogP contribution in [0.25, 0.3) is 6.08 Å². The average molecular weight is 335 g/mol. The third kappa shape index (κ3) is 2.44. The van der Waals surface area contributed by atoms with E-state index in [0.29, 0.717) is 0 Å². The zero-order chi connectivity index (χ0) is 16.1. The van der Waals surface area contributed by atoms with Gasteiger partial charge in [-0.3, -0.25) is 9.13 Å². The second-order valence-corrected chi connectivity index (χ2v) is 8.69. The number of aliphatic hydroxyl groups excluding tert-OH is 1. The molecule has 0 aliphatic heterocycles. The summed E-state index contributed by atoms with van der Waals surface area (Å²) in [6.07, 6.45) is 0.978. The van der Waals surface area contributed by atoms with Gasteiger partial charge >= 0.3 is 15.2 Å². The first-order chi connectivity index (χ1) is 9.54. The van der Waals surface area contributed by atoms with E-state index >= 15 is 0 Å². The van der Waals surface area contributed by atoms with Crippen LogP contribution in [0.4, 0.5) is 0 Å². The maximum atomic E-state index is 11.8. The first-order valence-corrected chi connectivity index (χ1v) is 9.10. The summed E-state index contributed by atoms with van der Waals surface area (Å²) in [5, 5.41) is 9.70. The van der Waals surface area contributed by atoms with Crippen molar-refractivity contribution in [2.24, 2.45) is 5.73 Å². The van der Waals surface area contributed by atoms with Crippen molar-refractivity contribution in [1.29, 1.82) is 0 Å². The van der Waals surface area contributed by atoms with Crippen LogP contribution >= 0.6 is 15.2 Å². The van der Waals surface area contributed by atoms with Crippen molar-refractivity contribution >= 4 is 21.3 Å². The zero-order valence-electron chi connectivity index (χ0n) is 10.7. The molecule has 1 unspecified atom stereocenters. The minimum absolute atomic E-state index is 0.134. The molecule has 1 aromatic carbocycles. The van der Waals surface area contributed by atoms with Crippen molar-refractivity contribution in [3.63, 3.8) is 0 Å². The summed E-state index contributed by atoms with van der Waals surface area (Å²) in [4.78, 5) is 35.3. The lowest BCUT2D eigenvalue weighted by atomic mass is 10.0. The Morgan fingerprint density at radius 1 is 1.14 bits per heavy atom. The SMILES string of the molecule is NCC(O)c1ccc2c(c1)C(P(=O)(O)O)(P(=O)(O)O)C=C2. The second-order valence-electron chi connectivity index (χ2n) is 4.75. The summed E-state index contributed by atoms with van der Waals surface area (Å²) >= 11 is 0. The molecule has 0 spiro atoms. The number of allylic oxidation sites excluding steroid dienone is 1. The van der Waals surface area contributed by atoms with E-state index in [1.54, 1.807) is 0 Å². The quantitative estimate of drug-likeness (QED) is 0.426. The Hall–Kier alpha value is -0.820. The number of rotatable bonds is 4. The third-order valence-electron chi connectivity index (χ3n) is 3.47. The maximum Gasteiger partial charge on any atom is 0.352 e. The summed E-state index contributed by atoms with van der Waals surface area (Å²) in [6.45, 7) is -0.134. The molecule has 21 heavy (non-hydrogen) atoms. The van der Waals surface area contributed by atoms with Crippen LogP contribution in [-0.2, 0) is 14.0 Å². The Kier molecular flexibility index (Phi) is 4.04. The van der Waals surface area contributed by atoms with Crippen LogP contribution in [-0.4, -0.2) is 31.2 Å². The van der Waals surface area contributed by atoms with Crippen molar-refractivity contribution in [2.75, 3.05) is 6.54 Å². The summed E-state index contributed by atoms with van der Waals surface area (Å²) < 4.78 is 23.6. The fourth-order valence-electron chi connectivity index (χ4n) is 2.35. The van der Waals surface area contributed by atoms with Gasteiger partial charge in [-0.25, -0.2) is 0 Å². The summed E-state index contributed by atoms with van der Waals surface area (Å²) in [6, 6.07) is 4.08. The molecule has 7 N–H and O–H groups in total. The molecule has 0 saturated carbocycles. The van der Waals surface area contributed by atoms with Crippen LogP contribution in [0.3, 0.4) is 0 Å². The Bertz CT molecular complexity index is 668. The molecule has 0 bridgehead atoms. The van der Waals surface area contributed by atoms with Crippen LogP contribution in [0.2, 0.25) is 0 Å². The van der Waals surface area contributed by atoms with Crippen molar-refractivity contribution in [3.8, 4) is 0 Å². The summed E-state index contributed by atoms with van der Waals surface area (Å²) in [7, 11) is -10.4. The van der Waals surface area contributed by atoms with Crippen LogP contribution in [0, 0.1) is 0 Å². The second kappa shape index (κ2) is 5.12. The molecule has 1 aliphatic carbocycles. The van der Waals surface area contributed by atoms with Gasteiger partial charge in [-0.1, -0.05) is 24.3 Å². The number of nitrogens with two attached hydrogens (primary N) is 1. The zero-order valence-corrected chi connectivity index (χ0v) is 12.5. The first kappa shape index (κ1) is 16.5. The highest BCUT2D eigenvalue weighted by Crippen LogP contribution is 2.77. The highest BCUT2D eigenvalue weighted by atomic mass is 31.2. The van der Waals surface area contributed by atoms with Crippen molar-refractivity contribution < 1.29 is 33.8 Å². The molecule has 0 aromatic heterocycles. The van der Waals surface area contributed by atoms with E-state index < -0.39 is 26.2 Å². The summed E-state index contributed by atoms with van der Waals surface area (Å²) in [5.41, 5.74) is 5.60. The maximum absolute atomic E-state index is 11.8. The number of hydrogen-bond donors (Lipinski definition) is 6. The molecule has 1 atom stereocenters. The van der Waals surface area contributed by atoms with E-state index in [1.807, 2.05) is 0 Å². The molecule has 1 aliphatic rings. The van der Waals surface area contributed by atoms with Gasteiger partial charge in [-0.15, -0.1) is 0 Å². The monoisotopic (exact) mass is 335 g/mol. The number of aliphatic hydroxyl groups is 1. The molecule has 0 amide bonds. The minimum Gasteiger partial charge on any atom is -0.387 e. The molecule has 10 heteroatoms. The van der Waals surface area contributed by atoms with Gasteiger partial charge in [-0.2, -0.15) is 0 Å². The van der Waals surface area contributed by atoms with E-state index in [0.717, 1.165) is 6.08 Å². The fourth-order valence-corrected chi connectivity index (χ4v) is 5.26. The fraction of sp³-hybridized carbons (Fsp3) is 0.273. The van der Waals surface area contributed by atoms with Crippen LogP contribution in [0.1, 0.15) is 22.8 Å². The van der Waals surface area contributed by atoms with Crippen molar-refractivity contribution in [2.45, 2.75) is 11.0 Å². The Morgan fingerprint density at radius 3 is 2.19 bits per heavy atom. The summed E-state index contributed by atoms with van der Waals surface area (Å²) in [5.74, 6) is 0. The molecule has 8 nitrogen and oxygen atoms in total. The highest BCUT2D eigenvalue weighted by Gasteiger charge is 2.62. The van der Waals surface area contributed by atoms with E-state index in [2.05, 4.69) is 0 Å². The lowest BCUT2D eigenvalue weighted by molar-refractivity contribution is 0.186. The van der Waals surface area contributed by atoms with E-state index in [4.69, 9.17) is 5.73 Å². The smallest absolute Gasteiger partial charge is 0.352 e. The van der Waals surface area contributed by atoms with Gasteiger partial charge < -0.3 is 30.4 Å². The number of fused-ring (bicyclic) bond motifs is 1. The van der Waals surface area contributed by atoms with Crippen LogP contribution in [0.15, 0.2) is 24.3 Å². The van der Waals surface area contributed by atoms with Gasteiger partial charge in [0.15, 0.2) is 0 Å². The third-order valence-corrected chi connectivity index (χ3v) is 7.58. The van der Waals surface area contributed by atoms with E-state index in [1.165, 1.54) is 24.3 Å². The molecule has 0 saturated heterocycles. The molecule has 0 radical (unpaired) electrons. The van der Waals surface area contributed by atoms with Gasteiger partial charge in [0.1, 0.15) is 0 Å². The first-order valence-electron chi connectivity index (χ1n) is 5.87. The molecule has 0 fully saturated rings. The van der Waals surface area contributed by atoms with Gasteiger partial charge in [0.2, 0.25) is 4.90 Å². The lowest BCUT2D eigenvalue weighted by Gasteiger charge is -2.30. The molecular formula is C11H15NO7P2. The van der Waals surface area contributed by atoms with Crippen molar-refractivity contribution in [3.05, 3.63) is 41.0 Å². The number of benzene rings is 1. The molecule has 0 heterocycles. The molecule has 116 valence electrons. The van der Waals surface area contributed by atoms with Gasteiger partial charge in [0.05, 0.1) is 6.10 Å². The minimum atomic E-state index is -5.22. The lowest BCUT2D eigenvalue weighted by Crippen LogP contribution is -2.23. The Morgan fingerprint density at radius 2 is 1.71 bits per heavy atom. The number of hydrogen-bond acceptors (Lipinski definition) is 4. The predicted octanol–water partition coefficient (Wildman–Crippen LogP) is 0.214. The van der Waals surface area contributed by atoms with Gasteiger partial charge in [0.25, 0.3) is 0 Å². The molecular weight excluding hydrogens is 320 g/mol. The topological polar surface area (TPSA) is 161 Å². The standard InChI is InChI=1S/C11H15NO7P2/c12-6-10(13)8-2-1-7-3-4-11(9(7)5-8,20(14,15)16)21(17,18)19/h1-5,10,13H,6,12H2,(H2,14,15,16)(H2,17,18,19). The Labute approximate surface area is 120 Å². The highest BCUT2D eigenvalue weighted by molar-refractivity contribution is 7.72. The molecule has 2 rings (SSSR count). The normalized spacial score (nSPS) is 18.6. The van der Waals surface area contributed by atoms with E-state index in [-0.39, 0.29) is 23.2 Å².